The summed E-state index contributed by atoms with van der Waals surface area (Å²) in [6.45, 7) is 3.45. The van der Waals surface area contributed by atoms with E-state index in [-0.39, 0.29) is 6.10 Å². The topological polar surface area (TPSA) is 52.9 Å². The fourth-order valence-electron chi connectivity index (χ4n) is 2.35. The molecule has 1 saturated heterocycles. The molecule has 1 fully saturated rings. The second-order valence-electron chi connectivity index (χ2n) is 4.79. The molecule has 1 aromatic carbocycles. The van der Waals surface area contributed by atoms with Crippen molar-refractivity contribution in [2.24, 2.45) is 0 Å². The maximum absolute atomic E-state index is 5.82. The van der Waals surface area contributed by atoms with Crippen LogP contribution in [0.1, 0.15) is 5.76 Å². The third-order valence-corrected chi connectivity index (χ3v) is 3.34. The number of hydrogen-bond acceptors (Lipinski definition) is 5. The van der Waals surface area contributed by atoms with Gasteiger partial charge >= 0.3 is 0 Å². The highest BCUT2D eigenvalue weighted by Gasteiger charge is 2.14. The van der Waals surface area contributed by atoms with Gasteiger partial charge in [0.2, 0.25) is 0 Å². The molecule has 5 nitrogen and oxygen atoms in total. The summed E-state index contributed by atoms with van der Waals surface area (Å²) in [5.74, 6) is 1.65. The Labute approximate surface area is 117 Å². The van der Waals surface area contributed by atoms with Crippen LogP contribution in [0.5, 0.6) is 5.75 Å². The van der Waals surface area contributed by atoms with Crippen LogP contribution in [0.4, 0.5) is 0 Å². The van der Waals surface area contributed by atoms with Crippen LogP contribution in [-0.4, -0.2) is 39.6 Å². The van der Waals surface area contributed by atoms with E-state index in [0.717, 1.165) is 29.0 Å². The van der Waals surface area contributed by atoms with Crippen molar-refractivity contribution in [2.75, 3.05) is 33.5 Å². The zero-order valence-corrected chi connectivity index (χ0v) is 11.6. The lowest BCUT2D eigenvalue weighted by Gasteiger charge is -2.22. The Morgan fingerprint density at radius 1 is 1.35 bits per heavy atom. The van der Waals surface area contributed by atoms with Crippen molar-refractivity contribution in [3.8, 4) is 5.75 Å². The second-order valence-corrected chi connectivity index (χ2v) is 4.79. The van der Waals surface area contributed by atoms with Crippen molar-refractivity contribution in [2.45, 2.75) is 12.6 Å². The molecular weight excluding hydrogens is 258 g/mol. The number of rotatable bonds is 5. The Hall–Kier alpha value is -1.56. The molecule has 108 valence electrons. The van der Waals surface area contributed by atoms with Crippen molar-refractivity contribution in [1.82, 2.24) is 5.32 Å². The summed E-state index contributed by atoms with van der Waals surface area (Å²) in [7, 11) is 1.65. The van der Waals surface area contributed by atoms with Crippen LogP contribution in [0.2, 0.25) is 0 Å². The molecule has 1 atom stereocenters. The van der Waals surface area contributed by atoms with Crippen LogP contribution in [0.3, 0.4) is 0 Å². The Morgan fingerprint density at radius 2 is 2.30 bits per heavy atom. The van der Waals surface area contributed by atoms with E-state index in [1.54, 1.807) is 7.11 Å². The summed E-state index contributed by atoms with van der Waals surface area (Å²) < 4.78 is 22.0. The number of para-hydroxylation sites is 1. The van der Waals surface area contributed by atoms with Crippen molar-refractivity contribution in [3.63, 3.8) is 0 Å². The molecule has 0 saturated carbocycles. The van der Waals surface area contributed by atoms with Crippen molar-refractivity contribution >= 4 is 11.0 Å². The summed E-state index contributed by atoms with van der Waals surface area (Å²) in [5.41, 5.74) is 0.795. The first-order chi connectivity index (χ1) is 9.86. The third kappa shape index (κ3) is 2.95. The molecular formula is C15H19NO4. The van der Waals surface area contributed by atoms with Crippen LogP contribution in [0.15, 0.2) is 28.7 Å². The van der Waals surface area contributed by atoms with E-state index in [9.17, 15) is 0 Å². The molecule has 0 radical (unpaired) electrons. The third-order valence-electron chi connectivity index (χ3n) is 3.34. The summed E-state index contributed by atoms with van der Waals surface area (Å²) >= 11 is 0. The number of hydrogen-bond donors (Lipinski definition) is 1. The molecule has 1 unspecified atom stereocenters. The minimum Gasteiger partial charge on any atom is -0.493 e. The molecule has 1 aliphatic heterocycles. The zero-order chi connectivity index (χ0) is 13.8. The predicted octanol–water partition coefficient (Wildman–Crippen LogP) is 1.95. The smallest absolute Gasteiger partial charge is 0.176 e. The minimum atomic E-state index is 0.127. The van der Waals surface area contributed by atoms with E-state index in [1.165, 1.54) is 0 Å². The van der Waals surface area contributed by atoms with Crippen molar-refractivity contribution < 1.29 is 18.6 Å². The molecule has 0 spiro atoms. The number of ether oxygens (including phenoxy) is 3. The van der Waals surface area contributed by atoms with E-state index in [2.05, 4.69) is 5.32 Å². The summed E-state index contributed by atoms with van der Waals surface area (Å²) in [6, 6.07) is 7.91. The van der Waals surface area contributed by atoms with Gasteiger partial charge in [-0.1, -0.05) is 12.1 Å². The van der Waals surface area contributed by atoms with Gasteiger partial charge in [-0.25, -0.2) is 0 Å². The monoisotopic (exact) mass is 277 g/mol. The highest BCUT2D eigenvalue weighted by atomic mass is 16.6. The van der Waals surface area contributed by atoms with Gasteiger partial charge < -0.3 is 23.9 Å². The molecule has 0 amide bonds. The number of fused-ring (bicyclic) bond motifs is 1. The molecule has 2 heterocycles. The molecule has 1 N–H and O–H groups in total. The second kappa shape index (κ2) is 6.26. The van der Waals surface area contributed by atoms with Gasteiger partial charge in [-0.15, -0.1) is 0 Å². The van der Waals surface area contributed by atoms with Gasteiger partial charge in [-0.3, -0.25) is 0 Å². The van der Waals surface area contributed by atoms with E-state index in [0.29, 0.717) is 26.4 Å². The molecule has 0 aliphatic carbocycles. The maximum atomic E-state index is 5.82. The van der Waals surface area contributed by atoms with E-state index in [4.69, 9.17) is 18.6 Å². The fourth-order valence-corrected chi connectivity index (χ4v) is 2.35. The van der Waals surface area contributed by atoms with Crippen LogP contribution in [0.25, 0.3) is 11.0 Å². The van der Waals surface area contributed by atoms with Gasteiger partial charge in [0.05, 0.1) is 39.6 Å². The molecule has 1 aliphatic rings. The average molecular weight is 277 g/mol. The SMILES string of the molecule is COc1cccc2cc(CNCC3COCCO3)oc12. The van der Waals surface area contributed by atoms with Gasteiger partial charge in [-0.2, -0.15) is 0 Å². The Balaban J connectivity index is 1.60. The Bertz CT molecular complexity index is 560. The lowest BCUT2D eigenvalue weighted by molar-refractivity contribution is -0.0865. The van der Waals surface area contributed by atoms with Crippen LogP contribution in [-0.2, 0) is 16.0 Å². The van der Waals surface area contributed by atoms with Gasteiger partial charge in [-0.05, 0) is 12.1 Å². The largest absolute Gasteiger partial charge is 0.493 e. The van der Waals surface area contributed by atoms with Crippen LogP contribution in [0, 0.1) is 0 Å². The molecule has 20 heavy (non-hydrogen) atoms. The first-order valence-electron chi connectivity index (χ1n) is 6.82. The lowest BCUT2D eigenvalue weighted by Crippen LogP contribution is -2.37. The molecule has 0 bridgehead atoms. The van der Waals surface area contributed by atoms with Crippen LogP contribution >= 0.6 is 0 Å². The zero-order valence-electron chi connectivity index (χ0n) is 11.6. The minimum absolute atomic E-state index is 0.127. The summed E-state index contributed by atoms with van der Waals surface area (Å²) in [6.07, 6.45) is 0.127. The maximum Gasteiger partial charge on any atom is 0.176 e. The Kier molecular flexibility index (Phi) is 4.20. The van der Waals surface area contributed by atoms with Crippen molar-refractivity contribution in [1.29, 1.82) is 0 Å². The van der Waals surface area contributed by atoms with E-state index >= 15 is 0 Å². The van der Waals surface area contributed by atoms with Crippen LogP contribution < -0.4 is 10.1 Å². The van der Waals surface area contributed by atoms with Gasteiger partial charge in [0.15, 0.2) is 11.3 Å². The highest BCUT2D eigenvalue weighted by Crippen LogP contribution is 2.28. The first kappa shape index (κ1) is 13.4. The quantitative estimate of drug-likeness (QED) is 0.905. The Morgan fingerprint density at radius 3 is 3.10 bits per heavy atom. The molecule has 5 heteroatoms. The highest BCUT2D eigenvalue weighted by molar-refractivity contribution is 5.83. The summed E-state index contributed by atoms with van der Waals surface area (Å²) in [4.78, 5) is 0. The normalized spacial score (nSPS) is 19.4. The first-order valence-corrected chi connectivity index (χ1v) is 6.82. The standard InChI is InChI=1S/C15H19NO4/c1-17-14-4-2-3-11-7-12(20-15(11)14)8-16-9-13-10-18-5-6-19-13/h2-4,7,13,16H,5-6,8-10H2,1H3. The number of furan rings is 1. The molecule has 1 aromatic heterocycles. The van der Waals surface area contributed by atoms with Gasteiger partial charge in [0, 0.05) is 11.9 Å². The lowest BCUT2D eigenvalue weighted by atomic mass is 10.2. The number of nitrogens with one attached hydrogen (secondary N) is 1. The fraction of sp³-hybridized carbons (Fsp3) is 0.467. The molecule has 2 aromatic rings. The average Bonchev–Trinajstić information content (AvgIpc) is 2.91. The predicted molar refractivity (Wildman–Crippen MR) is 75.0 cm³/mol. The number of benzene rings is 1. The molecule has 3 rings (SSSR count). The summed E-state index contributed by atoms with van der Waals surface area (Å²) in [5, 5.41) is 4.38. The van der Waals surface area contributed by atoms with Gasteiger partial charge in [0.25, 0.3) is 0 Å². The van der Waals surface area contributed by atoms with E-state index in [1.807, 2.05) is 24.3 Å². The van der Waals surface area contributed by atoms with Gasteiger partial charge in [0.1, 0.15) is 5.76 Å². The van der Waals surface area contributed by atoms with Crippen molar-refractivity contribution in [3.05, 3.63) is 30.0 Å². The number of methoxy groups -OCH3 is 1. The van der Waals surface area contributed by atoms with E-state index < -0.39 is 0 Å².